The van der Waals surface area contributed by atoms with Gasteiger partial charge in [-0.05, 0) is 38.7 Å². The average molecular weight is 450 g/mol. The van der Waals surface area contributed by atoms with Crippen LogP contribution in [-0.4, -0.2) is 62.9 Å². The van der Waals surface area contributed by atoms with Crippen molar-refractivity contribution in [1.29, 1.82) is 0 Å². The van der Waals surface area contributed by atoms with Gasteiger partial charge in [-0.3, -0.25) is 4.84 Å². The molecule has 0 bridgehead atoms. The van der Waals surface area contributed by atoms with Crippen LogP contribution < -0.4 is 0 Å². The molecule has 1 aromatic rings. The van der Waals surface area contributed by atoms with Gasteiger partial charge in [0.25, 0.3) is 0 Å². The lowest BCUT2D eigenvalue weighted by Crippen LogP contribution is -2.71. The monoisotopic (exact) mass is 449 g/mol. The van der Waals surface area contributed by atoms with Gasteiger partial charge in [0.2, 0.25) is 0 Å². The molecule has 0 aromatic heterocycles. The van der Waals surface area contributed by atoms with Gasteiger partial charge in [-0.1, -0.05) is 51.1 Å². The van der Waals surface area contributed by atoms with Crippen LogP contribution in [0.15, 0.2) is 30.3 Å². The number of carbonyl (C=O) groups is 2. The van der Waals surface area contributed by atoms with Crippen LogP contribution in [-0.2, 0) is 30.3 Å². The predicted molar refractivity (Wildman–Crippen MR) is 117 cm³/mol. The predicted octanol–water partition coefficient (Wildman–Crippen LogP) is 3.49. The van der Waals surface area contributed by atoms with Gasteiger partial charge in [-0.15, -0.1) is 0 Å². The topological polar surface area (TPSA) is 106 Å². The van der Waals surface area contributed by atoms with Crippen molar-refractivity contribution < 1.29 is 34.1 Å². The van der Waals surface area contributed by atoms with Crippen molar-refractivity contribution in [3.8, 4) is 0 Å². The van der Waals surface area contributed by atoms with Crippen LogP contribution in [0.1, 0.15) is 59.4 Å². The second-order valence-electron chi connectivity index (χ2n) is 9.39. The van der Waals surface area contributed by atoms with Crippen molar-refractivity contribution in [3.63, 3.8) is 0 Å². The van der Waals surface area contributed by atoms with Crippen LogP contribution in [0.2, 0.25) is 0 Å². The number of hydroxylamine groups is 2. The first-order valence-electron chi connectivity index (χ1n) is 11.3. The first kappa shape index (κ1) is 24.6. The summed E-state index contributed by atoms with van der Waals surface area (Å²) in [6, 6.07) is 10.1. The van der Waals surface area contributed by atoms with Gasteiger partial charge in [0.15, 0.2) is 18.0 Å². The maximum atomic E-state index is 11.7. The van der Waals surface area contributed by atoms with Crippen LogP contribution in [0.25, 0.3) is 0 Å². The molecule has 5 unspecified atom stereocenters. The first-order valence-corrected chi connectivity index (χ1v) is 11.3. The van der Waals surface area contributed by atoms with Crippen molar-refractivity contribution >= 4 is 11.9 Å². The first-order chi connectivity index (χ1) is 15.0. The van der Waals surface area contributed by atoms with Gasteiger partial charge in [0.05, 0.1) is 12.1 Å². The SMILES string of the molecule is CCC1(C)CC2(OC(C(=O)O)C(C(=O)O)O2)C(C)C(C)(CC)N1OCCc1ccccc1. The van der Waals surface area contributed by atoms with E-state index in [-0.39, 0.29) is 5.92 Å². The normalized spacial score (nSPS) is 37.6. The molecule has 2 aliphatic heterocycles. The summed E-state index contributed by atoms with van der Waals surface area (Å²) in [4.78, 5) is 29.9. The quantitative estimate of drug-likeness (QED) is 0.621. The molecule has 5 atom stereocenters. The van der Waals surface area contributed by atoms with E-state index in [1.807, 2.05) is 57.9 Å². The van der Waals surface area contributed by atoms with Gasteiger partial charge < -0.3 is 19.7 Å². The molecular weight excluding hydrogens is 414 g/mol. The third-order valence-corrected chi connectivity index (χ3v) is 7.52. The highest BCUT2D eigenvalue weighted by Crippen LogP contribution is 2.55. The summed E-state index contributed by atoms with van der Waals surface area (Å²) < 4.78 is 11.9. The van der Waals surface area contributed by atoms with Gasteiger partial charge in [0.1, 0.15) is 0 Å². The minimum absolute atomic E-state index is 0.298. The van der Waals surface area contributed by atoms with E-state index < -0.39 is 41.0 Å². The van der Waals surface area contributed by atoms with Gasteiger partial charge in [0, 0.05) is 17.9 Å². The van der Waals surface area contributed by atoms with Crippen molar-refractivity contribution in [3.05, 3.63) is 35.9 Å². The molecule has 8 heteroatoms. The summed E-state index contributed by atoms with van der Waals surface area (Å²) in [6.45, 7) is 10.6. The number of piperidine rings is 1. The summed E-state index contributed by atoms with van der Waals surface area (Å²) in [5.41, 5.74) is 0.0575. The maximum absolute atomic E-state index is 11.7. The molecule has 2 saturated heterocycles. The van der Waals surface area contributed by atoms with Crippen molar-refractivity contribution in [2.45, 2.75) is 89.4 Å². The van der Waals surface area contributed by atoms with Crippen molar-refractivity contribution in [2.75, 3.05) is 6.61 Å². The number of hydrogen-bond acceptors (Lipinski definition) is 6. The zero-order valence-corrected chi connectivity index (χ0v) is 19.5. The maximum Gasteiger partial charge on any atom is 0.336 e. The lowest BCUT2D eigenvalue weighted by molar-refractivity contribution is -0.369. The van der Waals surface area contributed by atoms with E-state index in [1.165, 1.54) is 5.56 Å². The van der Waals surface area contributed by atoms with E-state index in [2.05, 4.69) is 12.1 Å². The number of aliphatic carboxylic acids is 2. The third-order valence-electron chi connectivity index (χ3n) is 7.52. The Balaban J connectivity index is 1.91. The molecule has 3 rings (SSSR count). The van der Waals surface area contributed by atoms with Crippen LogP contribution in [0.4, 0.5) is 0 Å². The molecule has 0 aliphatic carbocycles. The van der Waals surface area contributed by atoms with Gasteiger partial charge in [-0.25, -0.2) is 9.59 Å². The summed E-state index contributed by atoms with van der Waals surface area (Å²) in [5, 5.41) is 21.2. The summed E-state index contributed by atoms with van der Waals surface area (Å²) in [5.74, 6) is -4.35. The summed E-state index contributed by atoms with van der Waals surface area (Å²) in [6.07, 6.45) is -0.688. The van der Waals surface area contributed by atoms with Crippen LogP contribution in [0, 0.1) is 5.92 Å². The van der Waals surface area contributed by atoms with E-state index in [1.54, 1.807) is 0 Å². The van der Waals surface area contributed by atoms with E-state index in [0.29, 0.717) is 25.9 Å². The lowest BCUT2D eigenvalue weighted by atomic mass is 9.67. The number of carboxylic acid groups (broad SMARTS) is 2. The Hall–Kier alpha value is -2.00. The van der Waals surface area contributed by atoms with Crippen molar-refractivity contribution in [2.24, 2.45) is 5.92 Å². The summed E-state index contributed by atoms with van der Waals surface area (Å²) in [7, 11) is 0. The lowest BCUT2D eigenvalue weighted by Gasteiger charge is -2.61. The van der Waals surface area contributed by atoms with Gasteiger partial charge in [-0.2, -0.15) is 5.06 Å². The molecule has 2 aliphatic rings. The highest BCUT2D eigenvalue weighted by Gasteiger charge is 2.67. The number of benzene rings is 1. The van der Waals surface area contributed by atoms with E-state index in [9.17, 15) is 19.8 Å². The fourth-order valence-corrected chi connectivity index (χ4v) is 5.17. The smallest absolute Gasteiger partial charge is 0.336 e. The molecule has 32 heavy (non-hydrogen) atoms. The molecule has 1 aromatic carbocycles. The molecule has 8 nitrogen and oxygen atoms in total. The van der Waals surface area contributed by atoms with E-state index >= 15 is 0 Å². The summed E-state index contributed by atoms with van der Waals surface area (Å²) >= 11 is 0. The molecule has 0 radical (unpaired) electrons. The van der Waals surface area contributed by atoms with Crippen LogP contribution >= 0.6 is 0 Å². The Morgan fingerprint density at radius 1 is 1.06 bits per heavy atom. The zero-order chi connectivity index (χ0) is 23.7. The van der Waals surface area contributed by atoms with Crippen LogP contribution in [0.3, 0.4) is 0 Å². The van der Waals surface area contributed by atoms with Crippen molar-refractivity contribution in [1.82, 2.24) is 5.06 Å². The highest BCUT2D eigenvalue weighted by molar-refractivity contribution is 5.84. The molecule has 0 amide bonds. The molecular formula is C24H35NO7. The standard InChI is InChI=1S/C24H35NO7/c1-6-22(4)15-24(31-18(20(26)27)19(32-24)21(28)29)16(3)23(5,7-2)25(22)30-14-13-17-11-9-8-10-12-17/h8-12,16,18-19H,6-7,13-15H2,1-5H3,(H,26,27)(H,28,29). The second-order valence-corrected chi connectivity index (χ2v) is 9.39. The Bertz CT molecular complexity index is 809. The number of rotatable bonds is 8. The highest BCUT2D eigenvalue weighted by atomic mass is 16.8. The molecule has 0 saturated carbocycles. The average Bonchev–Trinajstić information content (AvgIpc) is 3.16. The minimum atomic E-state index is -1.55. The number of ether oxygens (including phenoxy) is 2. The molecule has 2 heterocycles. The number of carboxylic acids is 2. The number of hydrogen-bond donors (Lipinski definition) is 2. The zero-order valence-electron chi connectivity index (χ0n) is 19.5. The second kappa shape index (κ2) is 9.09. The fraction of sp³-hybridized carbons (Fsp3) is 0.667. The van der Waals surface area contributed by atoms with E-state index in [4.69, 9.17) is 14.3 Å². The fourth-order valence-electron chi connectivity index (χ4n) is 5.17. The Kier molecular flexibility index (Phi) is 7.00. The van der Waals surface area contributed by atoms with Crippen LogP contribution in [0.5, 0.6) is 0 Å². The molecule has 178 valence electrons. The molecule has 1 spiro atoms. The Morgan fingerprint density at radius 2 is 1.62 bits per heavy atom. The Labute approximate surface area is 189 Å². The molecule has 2 fully saturated rings. The van der Waals surface area contributed by atoms with E-state index in [0.717, 1.165) is 6.42 Å². The largest absolute Gasteiger partial charge is 0.479 e. The minimum Gasteiger partial charge on any atom is -0.479 e. The Morgan fingerprint density at radius 3 is 2.09 bits per heavy atom. The molecule has 2 N–H and O–H groups in total. The van der Waals surface area contributed by atoms with Gasteiger partial charge >= 0.3 is 11.9 Å². The third kappa shape index (κ3) is 4.17. The number of nitrogens with zero attached hydrogens (tertiary/aromatic N) is 1.